The summed E-state index contributed by atoms with van der Waals surface area (Å²) >= 11 is 3.48. The second-order valence-electron chi connectivity index (χ2n) is 6.44. The molecule has 18 heavy (non-hydrogen) atoms. The Hall–Kier alpha value is -0.410. The first-order valence-electron chi connectivity index (χ1n) is 6.53. The molecule has 0 heterocycles. The van der Waals surface area contributed by atoms with Crippen molar-refractivity contribution in [2.75, 3.05) is 0 Å². The molecule has 0 unspecified atom stereocenters. The Kier molecular flexibility index (Phi) is 3.84. The van der Waals surface area contributed by atoms with E-state index in [0.29, 0.717) is 5.41 Å². The van der Waals surface area contributed by atoms with Crippen LogP contribution in [0.15, 0.2) is 22.7 Å². The second-order valence-corrected chi connectivity index (χ2v) is 7.29. The van der Waals surface area contributed by atoms with Gasteiger partial charge in [-0.05, 0) is 61.3 Å². The highest BCUT2D eigenvalue weighted by Crippen LogP contribution is 2.40. The summed E-state index contributed by atoms with van der Waals surface area (Å²) in [6.07, 6.45) is 5.08. The molecule has 1 saturated carbocycles. The molecule has 2 rings (SSSR count). The van der Waals surface area contributed by atoms with E-state index in [1.165, 1.54) is 6.07 Å². The van der Waals surface area contributed by atoms with E-state index < -0.39 is 0 Å². The van der Waals surface area contributed by atoms with Crippen LogP contribution >= 0.6 is 15.9 Å². The molecule has 0 spiro atoms. The fourth-order valence-electron chi connectivity index (χ4n) is 2.66. The molecule has 0 aliphatic heterocycles. The maximum atomic E-state index is 13.3. The van der Waals surface area contributed by atoms with Gasteiger partial charge in [0.1, 0.15) is 5.82 Å². The van der Waals surface area contributed by atoms with E-state index in [0.717, 1.165) is 42.1 Å². The van der Waals surface area contributed by atoms with Crippen molar-refractivity contribution in [2.24, 2.45) is 11.1 Å². The van der Waals surface area contributed by atoms with Gasteiger partial charge in [-0.15, -0.1) is 0 Å². The molecule has 0 amide bonds. The van der Waals surface area contributed by atoms with Crippen molar-refractivity contribution in [3.05, 3.63) is 34.1 Å². The smallest absolute Gasteiger partial charge is 0.123 e. The van der Waals surface area contributed by atoms with Crippen molar-refractivity contribution in [2.45, 2.75) is 51.5 Å². The molecule has 1 aliphatic rings. The minimum Gasteiger partial charge on any atom is -0.325 e. The number of hydrogen-bond donors (Lipinski definition) is 1. The van der Waals surface area contributed by atoms with Crippen LogP contribution in [0.3, 0.4) is 0 Å². The first-order valence-corrected chi connectivity index (χ1v) is 7.32. The van der Waals surface area contributed by atoms with E-state index in [2.05, 4.69) is 29.8 Å². The highest BCUT2D eigenvalue weighted by Gasteiger charge is 2.35. The van der Waals surface area contributed by atoms with Gasteiger partial charge in [0.15, 0.2) is 0 Å². The van der Waals surface area contributed by atoms with Crippen molar-refractivity contribution >= 4 is 15.9 Å². The predicted molar refractivity (Wildman–Crippen MR) is 77.0 cm³/mol. The molecule has 1 aromatic carbocycles. The topological polar surface area (TPSA) is 26.0 Å². The van der Waals surface area contributed by atoms with Gasteiger partial charge in [-0.1, -0.05) is 29.8 Å². The quantitative estimate of drug-likeness (QED) is 0.859. The number of nitrogens with two attached hydrogens (primary N) is 1. The van der Waals surface area contributed by atoms with Crippen molar-refractivity contribution in [1.29, 1.82) is 0 Å². The van der Waals surface area contributed by atoms with E-state index in [4.69, 9.17) is 5.73 Å². The van der Waals surface area contributed by atoms with E-state index in [1.807, 2.05) is 0 Å². The van der Waals surface area contributed by atoms with Crippen LogP contribution in [0, 0.1) is 11.2 Å². The molecule has 100 valence electrons. The molecule has 1 aliphatic carbocycles. The summed E-state index contributed by atoms with van der Waals surface area (Å²) < 4.78 is 14.2. The van der Waals surface area contributed by atoms with Gasteiger partial charge < -0.3 is 5.73 Å². The van der Waals surface area contributed by atoms with Gasteiger partial charge in [0.25, 0.3) is 0 Å². The third-order valence-corrected chi connectivity index (χ3v) is 4.92. The van der Waals surface area contributed by atoms with Gasteiger partial charge in [0, 0.05) is 10.0 Å². The maximum absolute atomic E-state index is 13.3. The van der Waals surface area contributed by atoms with Crippen molar-refractivity contribution < 1.29 is 4.39 Å². The normalized spacial score (nSPS) is 21.8. The SMILES string of the molecule is CC1(C)CCC(N)(Cc2cc(F)ccc2Br)CC1. The minimum absolute atomic E-state index is 0.175. The Morgan fingerprint density at radius 3 is 2.44 bits per heavy atom. The zero-order valence-corrected chi connectivity index (χ0v) is 12.7. The van der Waals surface area contributed by atoms with Crippen LogP contribution in [-0.4, -0.2) is 5.54 Å². The lowest BCUT2D eigenvalue weighted by molar-refractivity contribution is 0.164. The highest BCUT2D eigenvalue weighted by atomic mass is 79.9. The summed E-state index contributed by atoms with van der Waals surface area (Å²) in [5.74, 6) is -0.187. The van der Waals surface area contributed by atoms with Gasteiger partial charge >= 0.3 is 0 Å². The molecular formula is C15H21BrFN. The summed E-state index contributed by atoms with van der Waals surface area (Å²) in [4.78, 5) is 0. The van der Waals surface area contributed by atoms with Crippen molar-refractivity contribution in [3.63, 3.8) is 0 Å². The third kappa shape index (κ3) is 3.33. The molecule has 0 atom stereocenters. The first kappa shape index (κ1) is 14.0. The molecule has 1 aromatic rings. The van der Waals surface area contributed by atoms with Crippen LogP contribution in [0.4, 0.5) is 4.39 Å². The largest absolute Gasteiger partial charge is 0.325 e. The van der Waals surface area contributed by atoms with Crippen molar-refractivity contribution in [1.82, 2.24) is 0 Å². The average Bonchev–Trinajstić information content (AvgIpc) is 2.29. The van der Waals surface area contributed by atoms with Gasteiger partial charge in [-0.25, -0.2) is 4.39 Å². The predicted octanol–water partition coefficient (Wildman–Crippen LogP) is 4.43. The zero-order valence-electron chi connectivity index (χ0n) is 11.1. The molecule has 2 N–H and O–H groups in total. The maximum Gasteiger partial charge on any atom is 0.123 e. The number of halogens is 2. The van der Waals surface area contributed by atoms with Gasteiger partial charge in [-0.2, -0.15) is 0 Å². The summed E-state index contributed by atoms with van der Waals surface area (Å²) in [5.41, 5.74) is 7.70. The molecule has 0 bridgehead atoms. The molecule has 3 heteroatoms. The van der Waals surface area contributed by atoms with E-state index in [9.17, 15) is 4.39 Å². The van der Waals surface area contributed by atoms with E-state index >= 15 is 0 Å². The zero-order chi connectivity index (χ0) is 13.4. The van der Waals surface area contributed by atoms with E-state index in [-0.39, 0.29) is 11.4 Å². The number of hydrogen-bond acceptors (Lipinski definition) is 1. The van der Waals surface area contributed by atoms with Gasteiger partial charge in [0.05, 0.1) is 0 Å². The van der Waals surface area contributed by atoms with Crippen LogP contribution in [0.25, 0.3) is 0 Å². The monoisotopic (exact) mass is 313 g/mol. The summed E-state index contributed by atoms with van der Waals surface area (Å²) in [6, 6.07) is 4.83. The summed E-state index contributed by atoms with van der Waals surface area (Å²) in [6.45, 7) is 4.59. The molecule has 1 fully saturated rings. The lowest BCUT2D eigenvalue weighted by atomic mass is 9.68. The molecular weight excluding hydrogens is 293 g/mol. The Morgan fingerprint density at radius 1 is 1.22 bits per heavy atom. The Labute approximate surface area is 117 Å². The fourth-order valence-corrected chi connectivity index (χ4v) is 3.05. The van der Waals surface area contributed by atoms with E-state index in [1.54, 1.807) is 12.1 Å². The van der Waals surface area contributed by atoms with Crippen LogP contribution in [-0.2, 0) is 6.42 Å². The van der Waals surface area contributed by atoms with Gasteiger partial charge in [0.2, 0.25) is 0 Å². The summed E-state index contributed by atoms with van der Waals surface area (Å²) in [5, 5.41) is 0. The second kappa shape index (κ2) is 4.93. The first-order chi connectivity index (χ1) is 8.30. The van der Waals surface area contributed by atoms with Crippen LogP contribution in [0.2, 0.25) is 0 Å². The lowest BCUT2D eigenvalue weighted by Gasteiger charge is -2.41. The Bertz CT molecular complexity index is 432. The standard InChI is InChI=1S/C15H21BrFN/c1-14(2)5-7-15(18,8-6-14)10-11-9-12(17)3-4-13(11)16/h3-4,9H,5-8,10,18H2,1-2H3. The molecule has 0 aromatic heterocycles. The highest BCUT2D eigenvalue weighted by molar-refractivity contribution is 9.10. The lowest BCUT2D eigenvalue weighted by Crippen LogP contribution is -2.46. The molecule has 0 radical (unpaired) electrons. The van der Waals surface area contributed by atoms with Gasteiger partial charge in [-0.3, -0.25) is 0 Å². The molecule has 0 saturated heterocycles. The number of rotatable bonds is 2. The minimum atomic E-state index is -0.187. The summed E-state index contributed by atoms with van der Waals surface area (Å²) in [7, 11) is 0. The van der Waals surface area contributed by atoms with Crippen molar-refractivity contribution in [3.8, 4) is 0 Å². The number of benzene rings is 1. The Balaban J connectivity index is 2.11. The van der Waals surface area contributed by atoms with Crippen LogP contribution in [0.1, 0.15) is 45.1 Å². The fraction of sp³-hybridized carbons (Fsp3) is 0.600. The Morgan fingerprint density at radius 2 is 1.83 bits per heavy atom. The average molecular weight is 314 g/mol. The third-order valence-electron chi connectivity index (χ3n) is 4.15. The van der Waals surface area contributed by atoms with Crippen LogP contribution < -0.4 is 5.73 Å². The molecule has 1 nitrogen and oxygen atoms in total. The van der Waals surface area contributed by atoms with Crippen LogP contribution in [0.5, 0.6) is 0 Å².